The van der Waals surface area contributed by atoms with Gasteiger partial charge in [-0.05, 0) is 68.1 Å². The molecule has 1 aliphatic heterocycles. The Morgan fingerprint density at radius 1 is 1.08 bits per heavy atom. The van der Waals surface area contributed by atoms with Crippen molar-refractivity contribution in [1.82, 2.24) is 10.1 Å². The monoisotopic (exact) mass is 340 g/mol. The predicted molar refractivity (Wildman–Crippen MR) is 92.3 cm³/mol. The summed E-state index contributed by atoms with van der Waals surface area (Å²) < 4.78 is 24.0. The summed E-state index contributed by atoms with van der Waals surface area (Å²) in [6, 6.07) is 12.6. The van der Waals surface area contributed by atoms with Crippen LogP contribution in [0.15, 0.2) is 57.7 Å². The van der Waals surface area contributed by atoms with E-state index in [0.717, 1.165) is 50.2 Å². The molecule has 5 heteroatoms. The Balaban J connectivity index is 1.29. The maximum Gasteiger partial charge on any atom is 0.202 e. The van der Waals surface area contributed by atoms with Crippen molar-refractivity contribution in [1.29, 1.82) is 0 Å². The number of likely N-dealkylation sites (tertiary alicyclic amines) is 1. The van der Waals surface area contributed by atoms with Crippen molar-refractivity contribution in [2.24, 2.45) is 5.92 Å². The van der Waals surface area contributed by atoms with Crippen LogP contribution >= 0.6 is 0 Å². The highest BCUT2D eigenvalue weighted by molar-refractivity contribution is 5.49. The van der Waals surface area contributed by atoms with Crippen molar-refractivity contribution in [2.75, 3.05) is 13.1 Å². The van der Waals surface area contributed by atoms with Crippen LogP contribution in [0.4, 0.5) is 4.39 Å². The molecule has 3 aromatic rings. The summed E-state index contributed by atoms with van der Waals surface area (Å²) in [5.41, 5.74) is 2.02. The van der Waals surface area contributed by atoms with Crippen molar-refractivity contribution in [3.05, 3.63) is 65.8 Å². The molecule has 1 saturated heterocycles. The number of benzene rings is 1. The van der Waals surface area contributed by atoms with E-state index in [1.165, 1.54) is 6.07 Å². The van der Waals surface area contributed by atoms with E-state index in [1.807, 2.05) is 24.3 Å². The highest BCUT2D eigenvalue weighted by atomic mass is 19.1. The first-order valence-electron chi connectivity index (χ1n) is 8.72. The van der Waals surface area contributed by atoms with Gasteiger partial charge >= 0.3 is 0 Å². The summed E-state index contributed by atoms with van der Waals surface area (Å²) in [6.07, 6.45) is 4.83. The molecule has 25 heavy (non-hydrogen) atoms. The molecule has 0 spiro atoms. The summed E-state index contributed by atoms with van der Waals surface area (Å²) in [6.45, 7) is 2.85. The molecule has 4 rings (SSSR count). The number of hydrogen-bond donors (Lipinski definition) is 0. The first kappa shape index (κ1) is 16.1. The lowest BCUT2D eigenvalue weighted by molar-refractivity contribution is 0.173. The predicted octanol–water partition coefficient (Wildman–Crippen LogP) is 4.53. The quantitative estimate of drug-likeness (QED) is 0.684. The molecule has 1 aromatic carbocycles. The third kappa shape index (κ3) is 3.99. The highest BCUT2D eigenvalue weighted by Gasteiger charge is 2.21. The second kappa shape index (κ2) is 7.23. The van der Waals surface area contributed by atoms with Crippen LogP contribution in [0.3, 0.4) is 0 Å². The van der Waals surface area contributed by atoms with E-state index in [0.29, 0.717) is 17.4 Å². The lowest BCUT2D eigenvalue weighted by Crippen LogP contribution is -2.33. The fourth-order valence-corrected chi connectivity index (χ4v) is 3.50. The fourth-order valence-electron chi connectivity index (χ4n) is 3.50. The largest absolute Gasteiger partial charge is 0.461 e. The van der Waals surface area contributed by atoms with E-state index in [1.54, 1.807) is 18.4 Å². The minimum atomic E-state index is -0.145. The maximum atomic E-state index is 13.3. The molecule has 130 valence electrons. The summed E-state index contributed by atoms with van der Waals surface area (Å²) in [5, 5.41) is 4.14. The molecule has 2 aromatic heterocycles. The molecule has 0 saturated carbocycles. The van der Waals surface area contributed by atoms with Gasteiger partial charge in [-0.3, -0.25) is 4.90 Å². The third-order valence-corrected chi connectivity index (χ3v) is 4.83. The Bertz CT molecular complexity index is 805. The average molecular weight is 340 g/mol. The Kier molecular flexibility index (Phi) is 4.65. The van der Waals surface area contributed by atoms with Gasteiger partial charge in [0, 0.05) is 12.6 Å². The van der Waals surface area contributed by atoms with Crippen LogP contribution in [0.1, 0.15) is 24.1 Å². The van der Waals surface area contributed by atoms with Crippen LogP contribution in [0.5, 0.6) is 0 Å². The molecule has 1 fully saturated rings. The van der Waals surface area contributed by atoms with Gasteiger partial charge in [0.2, 0.25) is 5.76 Å². The second-order valence-corrected chi connectivity index (χ2v) is 6.71. The van der Waals surface area contributed by atoms with Crippen molar-refractivity contribution >= 4 is 0 Å². The molecule has 0 N–H and O–H groups in total. The summed E-state index contributed by atoms with van der Waals surface area (Å²) in [4.78, 5) is 2.39. The fraction of sp³-hybridized carbons (Fsp3) is 0.350. The van der Waals surface area contributed by atoms with E-state index < -0.39 is 0 Å². The second-order valence-electron chi connectivity index (χ2n) is 6.71. The molecule has 3 heterocycles. The van der Waals surface area contributed by atoms with Crippen molar-refractivity contribution in [3.8, 4) is 11.5 Å². The first-order valence-corrected chi connectivity index (χ1v) is 8.72. The van der Waals surface area contributed by atoms with Crippen LogP contribution in [-0.2, 0) is 13.0 Å². The third-order valence-electron chi connectivity index (χ3n) is 4.83. The van der Waals surface area contributed by atoms with Crippen LogP contribution in [0, 0.1) is 11.7 Å². The van der Waals surface area contributed by atoms with Gasteiger partial charge in [0.25, 0.3) is 0 Å². The number of piperidine rings is 1. The Hall–Kier alpha value is -2.40. The van der Waals surface area contributed by atoms with Gasteiger partial charge in [-0.2, -0.15) is 0 Å². The van der Waals surface area contributed by atoms with Gasteiger partial charge in [-0.15, -0.1) is 0 Å². The maximum absolute atomic E-state index is 13.3. The van der Waals surface area contributed by atoms with Gasteiger partial charge in [0.05, 0.1) is 12.0 Å². The zero-order valence-corrected chi connectivity index (χ0v) is 14.0. The Morgan fingerprint density at radius 2 is 1.96 bits per heavy atom. The van der Waals surface area contributed by atoms with Crippen molar-refractivity contribution < 1.29 is 13.3 Å². The molecule has 0 radical (unpaired) electrons. The number of hydrogen-bond acceptors (Lipinski definition) is 4. The lowest BCUT2D eigenvalue weighted by atomic mass is 9.90. The van der Waals surface area contributed by atoms with E-state index in [-0.39, 0.29) is 5.82 Å². The van der Waals surface area contributed by atoms with Crippen LogP contribution < -0.4 is 0 Å². The minimum absolute atomic E-state index is 0.145. The molecule has 1 aliphatic rings. The van der Waals surface area contributed by atoms with Gasteiger partial charge in [-0.25, -0.2) is 4.39 Å². The lowest BCUT2D eigenvalue weighted by Gasteiger charge is -2.31. The van der Waals surface area contributed by atoms with Gasteiger partial charge < -0.3 is 8.94 Å². The molecule has 0 bridgehead atoms. The SMILES string of the molecule is Fc1cccc(CC2CCN(Cc3cc(-c4ccco4)on3)CC2)c1. The Labute approximate surface area is 146 Å². The molecule has 4 nitrogen and oxygen atoms in total. The van der Waals surface area contributed by atoms with Gasteiger partial charge in [0.15, 0.2) is 5.76 Å². The molecule has 0 atom stereocenters. The number of halogens is 1. The number of rotatable bonds is 5. The van der Waals surface area contributed by atoms with Gasteiger partial charge in [0.1, 0.15) is 5.82 Å². The highest BCUT2D eigenvalue weighted by Crippen LogP contribution is 2.25. The van der Waals surface area contributed by atoms with Crippen molar-refractivity contribution in [3.63, 3.8) is 0 Å². The van der Waals surface area contributed by atoms with Crippen molar-refractivity contribution in [2.45, 2.75) is 25.8 Å². The zero-order chi connectivity index (χ0) is 17.1. The summed E-state index contributed by atoms with van der Waals surface area (Å²) >= 11 is 0. The minimum Gasteiger partial charge on any atom is -0.461 e. The number of furan rings is 1. The normalized spacial score (nSPS) is 16.4. The molecule has 0 unspecified atom stereocenters. The Morgan fingerprint density at radius 3 is 2.72 bits per heavy atom. The van der Waals surface area contributed by atoms with E-state index in [9.17, 15) is 4.39 Å². The van der Waals surface area contributed by atoms with Crippen LogP contribution in [-0.4, -0.2) is 23.1 Å². The molecular weight excluding hydrogens is 319 g/mol. The van der Waals surface area contributed by atoms with Crippen LogP contribution in [0.2, 0.25) is 0 Å². The average Bonchev–Trinajstić information content (AvgIpc) is 3.28. The van der Waals surface area contributed by atoms with E-state index in [4.69, 9.17) is 8.94 Å². The smallest absolute Gasteiger partial charge is 0.202 e. The zero-order valence-electron chi connectivity index (χ0n) is 14.0. The van der Waals surface area contributed by atoms with E-state index >= 15 is 0 Å². The molecule has 0 aliphatic carbocycles. The molecule has 0 amide bonds. The standard InChI is InChI=1S/C20H21FN2O2/c21-17-4-1-3-16(12-17)11-15-6-8-23(9-7-15)14-18-13-20(25-22-18)19-5-2-10-24-19/h1-5,10,12-13,15H,6-9,11,14H2. The van der Waals surface area contributed by atoms with E-state index in [2.05, 4.69) is 10.1 Å². The topological polar surface area (TPSA) is 42.4 Å². The summed E-state index contributed by atoms with van der Waals surface area (Å²) in [7, 11) is 0. The first-order chi connectivity index (χ1) is 12.3. The van der Waals surface area contributed by atoms with Crippen LogP contribution in [0.25, 0.3) is 11.5 Å². The molecular formula is C20H21FN2O2. The number of aromatic nitrogens is 1. The van der Waals surface area contributed by atoms with Gasteiger partial charge in [-0.1, -0.05) is 17.3 Å². The number of nitrogens with zero attached hydrogens (tertiary/aromatic N) is 2. The summed E-state index contributed by atoms with van der Waals surface area (Å²) in [5.74, 6) is 1.84.